The van der Waals surface area contributed by atoms with Gasteiger partial charge in [-0.2, -0.15) is 0 Å². The molecule has 0 saturated heterocycles. The second kappa shape index (κ2) is 4.84. The van der Waals surface area contributed by atoms with Gasteiger partial charge in [-0.1, -0.05) is 0 Å². The van der Waals surface area contributed by atoms with Crippen LogP contribution in [-0.2, 0) is 24.7 Å². The third-order valence-corrected chi connectivity index (χ3v) is 5.58. The van der Waals surface area contributed by atoms with E-state index in [-0.39, 0.29) is 0 Å². The fourth-order valence-electron chi connectivity index (χ4n) is 2.50. The van der Waals surface area contributed by atoms with Crippen LogP contribution in [0.5, 0.6) is 0 Å². The van der Waals surface area contributed by atoms with Crippen molar-refractivity contribution in [3.63, 3.8) is 0 Å². The molecule has 1 unspecified atom stereocenters. The third kappa shape index (κ3) is 2.36. The molecule has 0 aromatic heterocycles. The topological polar surface area (TPSA) is 0 Å². The van der Waals surface area contributed by atoms with E-state index >= 15 is 0 Å². The fraction of sp³-hybridized carbons (Fsp3) is 0.500. The molecule has 89 valence electrons. The second-order valence-corrected chi connectivity index (χ2v) is 7.16. The van der Waals surface area contributed by atoms with E-state index < -0.39 is 0 Å². The summed E-state index contributed by atoms with van der Waals surface area (Å²) in [7, 11) is 0. The van der Waals surface area contributed by atoms with E-state index in [2.05, 4.69) is 52.8 Å². The molecule has 1 aromatic carbocycles. The zero-order chi connectivity index (χ0) is 12.7. The van der Waals surface area contributed by atoms with Gasteiger partial charge in [-0.25, -0.2) is 0 Å². The molecule has 0 heterocycles. The van der Waals surface area contributed by atoms with Crippen LogP contribution in [0.4, 0.5) is 0 Å². The van der Waals surface area contributed by atoms with Crippen LogP contribution < -0.4 is 0 Å². The van der Waals surface area contributed by atoms with Crippen LogP contribution in [-0.4, -0.2) is 0 Å². The predicted octanol–water partition coefficient (Wildman–Crippen LogP) is 4.94. The van der Waals surface area contributed by atoms with Crippen molar-refractivity contribution in [1.82, 2.24) is 0 Å². The van der Waals surface area contributed by atoms with Crippen LogP contribution in [0.25, 0.3) is 6.08 Å². The Morgan fingerprint density at radius 3 is 2.24 bits per heavy atom. The number of benzene rings is 1. The molecule has 0 aliphatic heterocycles. The molecular weight excluding hydrogens is 283 g/mol. The van der Waals surface area contributed by atoms with Crippen molar-refractivity contribution in [3.05, 3.63) is 40.0 Å². The van der Waals surface area contributed by atoms with E-state index in [1.54, 1.807) is 35.9 Å². The Morgan fingerprint density at radius 1 is 1.06 bits per heavy atom. The average molecular weight is 305 g/mol. The van der Waals surface area contributed by atoms with Gasteiger partial charge < -0.3 is 0 Å². The van der Waals surface area contributed by atoms with Crippen LogP contribution in [0.2, 0.25) is 0 Å². The minimum absolute atomic E-state index is 0.618. The monoisotopic (exact) mass is 303 g/mol. The average Bonchev–Trinajstić information content (AvgIpc) is 2.54. The standard InChI is InChI=1S/C16H21.Zr/c1-10(2)13-8-14-6-12(5)7-16(14)15(9-13)11(3)4;/h6-11H,1-5H3;. The van der Waals surface area contributed by atoms with Crippen molar-refractivity contribution in [1.29, 1.82) is 0 Å². The van der Waals surface area contributed by atoms with Crippen LogP contribution >= 0.6 is 0 Å². The summed E-state index contributed by atoms with van der Waals surface area (Å²) < 4.78 is 0.688. The molecule has 0 bridgehead atoms. The van der Waals surface area contributed by atoms with Crippen molar-refractivity contribution in [2.24, 2.45) is 0 Å². The van der Waals surface area contributed by atoms with Gasteiger partial charge >= 0.3 is 121 Å². The summed E-state index contributed by atoms with van der Waals surface area (Å²) >= 11 is 1.62. The molecule has 2 rings (SSSR count). The molecule has 0 radical (unpaired) electrons. The van der Waals surface area contributed by atoms with Crippen molar-refractivity contribution in [3.8, 4) is 0 Å². The van der Waals surface area contributed by atoms with Crippen molar-refractivity contribution in [2.75, 3.05) is 0 Å². The summed E-state index contributed by atoms with van der Waals surface area (Å²) in [6.45, 7) is 11.5. The van der Waals surface area contributed by atoms with Crippen LogP contribution in [0.15, 0.2) is 17.7 Å². The molecule has 1 aliphatic carbocycles. The number of hydrogen-bond donors (Lipinski definition) is 0. The molecule has 1 aromatic rings. The van der Waals surface area contributed by atoms with E-state index in [1.165, 1.54) is 16.7 Å². The summed E-state index contributed by atoms with van der Waals surface area (Å²) in [5, 5.41) is 0. The molecule has 0 nitrogen and oxygen atoms in total. The summed E-state index contributed by atoms with van der Waals surface area (Å²) in [4.78, 5) is 0. The first-order chi connectivity index (χ1) is 7.91. The van der Waals surface area contributed by atoms with E-state index in [4.69, 9.17) is 0 Å². The molecule has 0 N–H and O–H groups in total. The SMILES string of the molecule is CC1=Cc2c(C(C)C)cc(C(C)C)cc2[CH]1[Zr]. The predicted molar refractivity (Wildman–Crippen MR) is 71.0 cm³/mol. The van der Waals surface area contributed by atoms with Crippen LogP contribution in [0, 0.1) is 0 Å². The zero-order valence-electron chi connectivity index (χ0n) is 11.5. The van der Waals surface area contributed by atoms with Gasteiger partial charge in [0.25, 0.3) is 0 Å². The number of hydrogen-bond acceptors (Lipinski definition) is 0. The molecule has 1 aliphatic rings. The van der Waals surface area contributed by atoms with Crippen molar-refractivity contribution in [2.45, 2.75) is 50.1 Å². The Balaban J connectivity index is 2.63. The normalized spacial score (nSPS) is 18.7. The quantitative estimate of drug-likeness (QED) is 0.726. The van der Waals surface area contributed by atoms with E-state index in [0.29, 0.717) is 15.5 Å². The van der Waals surface area contributed by atoms with Gasteiger partial charge in [0.2, 0.25) is 0 Å². The first-order valence-electron chi connectivity index (χ1n) is 6.48. The Hall–Kier alpha value is -0.157. The summed E-state index contributed by atoms with van der Waals surface area (Å²) in [6, 6.07) is 4.87. The van der Waals surface area contributed by atoms with Crippen LogP contribution in [0.3, 0.4) is 0 Å². The minimum atomic E-state index is 0.618. The van der Waals surface area contributed by atoms with Gasteiger partial charge in [-0.15, -0.1) is 0 Å². The Bertz CT molecular complexity index is 467. The Kier molecular flexibility index (Phi) is 3.78. The van der Waals surface area contributed by atoms with Gasteiger partial charge in [-0.3, -0.25) is 0 Å². The second-order valence-electron chi connectivity index (χ2n) is 5.74. The summed E-state index contributed by atoms with van der Waals surface area (Å²) in [5.41, 5.74) is 7.68. The van der Waals surface area contributed by atoms with Gasteiger partial charge in [-0.05, 0) is 0 Å². The molecule has 17 heavy (non-hydrogen) atoms. The molecule has 0 amide bonds. The summed E-state index contributed by atoms with van der Waals surface area (Å²) in [6.07, 6.45) is 2.41. The molecule has 1 atom stereocenters. The molecule has 1 heteroatoms. The summed E-state index contributed by atoms with van der Waals surface area (Å²) in [5.74, 6) is 1.24. The van der Waals surface area contributed by atoms with E-state index in [9.17, 15) is 0 Å². The molecule has 0 fully saturated rings. The Labute approximate surface area is 120 Å². The fourth-order valence-corrected chi connectivity index (χ4v) is 3.29. The third-order valence-electron chi connectivity index (χ3n) is 3.69. The maximum absolute atomic E-state index is 2.44. The first-order valence-corrected chi connectivity index (χ1v) is 7.90. The zero-order valence-corrected chi connectivity index (χ0v) is 13.9. The van der Waals surface area contributed by atoms with Crippen molar-refractivity contribution >= 4 is 6.08 Å². The first kappa shape index (κ1) is 13.3. The van der Waals surface area contributed by atoms with Crippen LogP contribution in [0.1, 0.15) is 72.3 Å². The van der Waals surface area contributed by atoms with Gasteiger partial charge in [0, 0.05) is 0 Å². The number of rotatable bonds is 2. The molecule has 0 saturated carbocycles. The number of allylic oxidation sites excluding steroid dienone is 1. The van der Waals surface area contributed by atoms with E-state index in [1.807, 2.05) is 0 Å². The Morgan fingerprint density at radius 2 is 1.71 bits per heavy atom. The molecular formula is C16H21Zr. The van der Waals surface area contributed by atoms with Gasteiger partial charge in [0.15, 0.2) is 0 Å². The maximum atomic E-state index is 2.44. The van der Waals surface area contributed by atoms with Gasteiger partial charge in [0.05, 0.1) is 0 Å². The van der Waals surface area contributed by atoms with Gasteiger partial charge in [0.1, 0.15) is 0 Å². The molecule has 0 spiro atoms. The van der Waals surface area contributed by atoms with E-state index in [0.717, 1.165) is 0 Å². The number of fused-ring (bicyclic) bond motifs is 1. The van der Waals surface area contributed by atoms with Crippen molar-refractivity contribution < 1.29 is 24.7 Å².